The molecule has 144 valence electrons. The molecule has 1 N–H and O–H groups in total. The van der Waals surface area contributed by atoms with Crippen molar-refractivity contribution in [1.82, 2.24) is 19.1 Å². The molecular formula is C21H14F2N4O2. The highest BCUT2D eigenvalue weighted by Gasteiger charge is 2.22. The number of benzene rings is 2. The highest BCUT2D eigenvalue weighted by Crippen LogP contribution is 2.27. The number of aromatic amines is 1. The number of aryl methyl sites for hydroxylation is 2. The van der Waals surface area contributed by atoms with Gasteiger partial charge in [0.1, 0.15) is 17.5 Å². The van der Waals surface area contributed by atoms with E-state index in [1.165, 1.54) is 18.7 Å². The minimum atomic E-state index is -0.873. The Hall–Kier alpha value is -3.99. The van der Waals surface area contributed by atoms with Gasteiger partial charge in [-0.2, -0.15) is 0 Å². The van der Waals surface area contributed by atoms with Gasteiger partial charge in [0, 0.05) is 25.2 Å². The van der Waals surface area contributed by atoms with Crippen molar-refractivity contribution in [2.24, 2.45) is 14.1 Å². The van der Waals surface area contributed by atoms with Crippen LogP contribution in [0.2, 0.25) is 0 Å². The van der Waals surface area contributed by atoms with Crippen molar-refractivity contribution >= 4 is 11.2 Å². The lowest BCUT2D eigenvalue weighted by atomic mass is 10.1. The van der Waals surface area contributed by atoms with Crippen LogP contribution in [0.5, 0.6) is 0 Å². The first-order chi connectivity index (χ1) is 13.9. The second kappa shape index (κ2) is 6.87. The fraction of sp³-hybridized carbons (Fsp3) is 0.0952. The zero-order valence-corrected chi connectivity index (χ0v) is 15.5. The van der Waals surface area contributed by atoms with Crippen molar-refractivity contribution in [2.75, 3.05) is 0 Å². The summed E-state index contributed by atoms with van der Waals surface area (Å²) in [6, 6.07) is 11.3. The molecule has 0 radical (unpaired) electrons. The molecule has 4 aromatic rings. The van der Waals surface area contributed by atoms with Gasteiger partial charge in [0.15, 0.2) is 11.2 Å². The Morgan fingerprint density at radius 3 is 2.21 bits per heavy atom. The Morgan fingerprint density at radius 2 is 1.55 bits per heavy atom. The number of nitrogens with one attached hydrogen (secondary N) is 1. The molecule has 2 heterocycles. The SMILES string of the molecule is Cn1c(-c2c(F)cc(C#Cc3ccccc3)cc2F)nc2c1c(=O)[nH]c(=O)n2C. The normalized spacial score (nSPS) is 10.8. The summed E-state index contributed by atoms with van der Waals surface area (Å²) in [6.07, 6.45) is 0. The second-order valence-corrected chi connectivity index (χ2v) is 6.42. The molecule has 29 heavy (non-hydrogen) atoms. The lowest BCUT2D eigenvalue weighted by molar-refractivity contribution is 0.585. The van der Waals surface area contributed by atoms with Crippen molar-refractivity contribution in [1.29, 1.82) is 0 Å². The summed E-state index contributed by atoms with van der Waals surface area (Å²) in [5, 5.41) is 0. The molecule has 0 fully saturated rings. The van der Waals surface area contributed by atoms with Crippen molar-refractivity contribution < 1.29 is 8.78 Å². The summed E-state index contributed by atoms with van der Waals surface area (Å²) < 4.78 is 32.0. The maximum atomic E-state index is 14.8. The van der Waals surface area contributed by atoms with Gasteiger partial charge >= 0.3 is 5.69 Å². The minimum Gasteiger partial charge on any atom is -0.321 e. The Balaban J connectivity index is 1.87. The Kier molecular flexibility index (Phi) is 4.35. The smallest absolute Gasteiger partial charge is 0.321 e. The first-order valence-corrected chi connectivity index (χ1v) is 8.59. The largest absolute Gasteiger partial charge is 0.329 e. The number of nitrogens with zero attached hydrogens (tertiary/aromatic N) is 3. The second-order valence-electron chi connectivity index (χ2n) is 6.42. The van der Waals surface area contributed by atoms with Crippen LogP contribution < -0.4 is 11.2 Å². The summed E-state index contributed by atoms with van der Waals surface area (Å²) in [5.41, 5.74) is -0.808. The molecule has 8 heteroatoms. The molecule has 4 rings (SSSR count). The molecule has 0 bridgehead atoms. The predicted octanol–water partition coefficient (Wildman–Crippen LogP) is 2.31. The third-order valence-electron chi connectivity index (χ3n) is 4.53. The molecule has 0 spiro atoms. The van der Waals surface area contributed by atoms with E-state index in [-0.39, 0.29) is 22.6 Å². The fourth-order valence-corrected chi connectivity index (χ4v) is 3.06. The highest BCUT2D eigenvalue weighted by atomic mass is 19.1. The molecule has 0 aliphatic rings. The summed E-state index contributed by atoms with van der Waals surface area (Å²) in [7, 11) is 2.86. The number of hydrogen-bond donors (Lipinski definition) is 1. The number of aromatic nitrogens is 4. The van der Waals surface area contributed by atoms with Crippen molar-refractivity contribution in [2.45, 2.75) is 0 Å². The first kappa shape index (κ1) is 18.4. The Morgan fingerprint density at radius 1 is 0.931 bits per heavy atom. The predicted molar refractivity (Wildman–Crippen MR) is 104 cm³/mol. The first-order valence-electron chi connectivity index (χ1n) is 8.59. The number of hydrogen-bond acceptors (Lipinski definition) is 3. The Labute approximate surface area is 163 Å². The van der Waals surface area contributed by atoms with E-state index in [9.17, 15) is 18.4 Å². The number of fused-ring (bicyclic) bond motifs is 1. The molecule has 0 aliphatic carbocycles. The zero-order chi connectivity index (χ0) is 20.7. The molecule has 0 unspecified atom stereocenters. The molecular weight excluding hydrogens is 378 g/mol. The van der Waals surface area contributed by atoms with E-state index in [1.54, 1.807) is 12.1 Å². The maximum Gasteiger partial charge on any atom is 0.329 e. The summed E-state index contributed by atoms with van der Waals surface area (Å²) in [6.45, 7) is 0. The van der Waals surface area contributed by atoms with Crippen molar-refractivity contribution in [3.8, 4) is 23.2 Å². The molecule has 0 saturated heterocycles. The number of imidazole rings is 1. The number of rotatable bonds is 1. The molecule has 6 nitrogen and oxygen atoms in total. The van der Waals surface area contributed by atoms with E-state index in [0.717, 1.165) is 16.7 Å². The van der Waals surface area contributed by atoms with Gasteiger partial charge in [-0.15, -0.1) is 0 Å². The maximum absolute atomic E-state index is 14.8. The van der Waals surface area contributed by atoms with Crippen molar-refractivity contribution in [3.05, 3.63) is 86.1 Å². The standard InChI is InChI=1S/C21H14F2N4O2/c1-26-17-19(27(2)21(29)25-20(17)28)24-18(26)16-14(22)10-13(11-15(16)23)9-8-12-6-4-3-5-7-12/h3-7,10-11H,1-2H3,(H,25,28,29). The van der Waals surface area contributed by atoms with Crippen LogP contribution in [-0.4, -0.2) is 19.1 Å². The molecule has 0 aliphatic heterocycles. The van der Waals surface area contributed by atoms with E-state index in [2.05, 4.69) is 21.8 Å². The molecule has 0 atom stereocenters. The molecule has 2 aromatic carbocycles. The van der Waals surface area contributed by atoms with Crippen LogP contribution in [0.3, 0.4) is 0 Å². The fourth-order valence-electron chi connectivity index (χ4n) is 3.06. The lowest BCUT2D eigenvalue weighted by Gasteiger charge is -2.06. The Bertz CT molecular complexity index is 1410. The van der Waals surface area contributed by atoms with Crippen LogP contribution in [0.1, 0.15) is 11.1 Å². The van der Waals surface area contributed by atoms with Crippen molar-refractivity contribution in [3.63, 3.8) is 0 Å². The topological polar surface area (TPSA) is 72.7 Å². The van der Waals surface area contributed by atoms with Gasteiger partial charge in [-0.25, -0.2) is 18.6 Å². The lowest BCUT2D eigenvalue weighted by Crippen LogP contribution is -2.29. The van der Waals surface area contributed by atoms with Crippen LogP contribution in [-0.2, 0) is 14.1 Å². The van der Waals surface area contributed by atoms with Gasteiger partial charge in [0.2, 0.25) is 0 Å². The average molecular weight is 392 g/mol. The van der Waals surface area contributed by atoms with Crippen LogP contribution in [0.4, 0.5) is 8.78 Å². The van der Waals surface area contributed by atoms with E-state index in [0.29, 0.717) is 5.56 Å². The molecule has 2 aromatic heterocycles. The van der Waals surface area contributed by atoms with Gasteiger partial charge in [-0.1, -0.05) is 30.0 Å². The average Bonchev–Trinajstić information content (AvgIpc) is 3.03. The van der Waals surface area contributed by atoms with Crippen LogP contribution in [0, 0.1) is 23.5 Å². The third kappa shape index (κ3) is 3.12. The van der Waals surface area contributed by atoms with Crippen LogP contribution in [0.25, 0.3) is 22.6 Å². The quantitative estimate of drug-likeness (QED) is 0.506. The summed E-state index contributed by atoms with van der Waals surface area (Å²) >= 11 is 0. The van der Waals surface area contributed by atoms with E-state index < -0.39 is 28.4 Å². The monoisotopic (exact) mass is 392 g/mol. The van der Waals surface area contributed by atoms with Crippen LogP contribution in [0.15, 0.2) is 52.1 Å². The third-order valence-corrected chi connectivity index (χ3v) is 4.53. The van der Waals surface area contributed by atoms with E-state index in [1.807, 2.05) is 18.2 Å². The van der Waals surface area contributed by atoms with E-state index in [4.69, 9.17) is 0 Å². The zero-order valence-electron chi connectivity index (χ0n) is 15.5. The van der Waals surface area contributed by atoms with Crippen LogP contribution >= 0.6 is 0 Å². The minimum absolute atomic E-state index is 0.0306. The number of H-pyrrole nitrogens is 1. The van der Waals surface area contributed by atoms with Gasteiger partial charge < -0.3 is 4.57 Å². The summed E-state index contributed by atoms with van der Waals surface area (Å²) in [4.78, 5) is 30.2. The number of halogens is 2. The van der Waals surface area contributed by atoms with E-state index >= 15 is 0 Å². The molecule has 0 amide bonds. The van der Waals surface area contributed by atoms with Gasteiger partial charge in [0.05, 0.1) is 5.56 Å². The van der Waals surface area contributed by atoms with Gasteiger partial charge in [0.25, 0.3) is 5.56 Å². The molecule has 0 saturated carbocycles. The summed E-state index contributed by atoms with van der Waals surface area (Å²) in [5.74, 6) is 3.72. The highest BCUT2D eigenvalue weighted by molar-refractivity contribution is 5.77. The van der Waals surface area contributed by atoms with Gasteiger partial charge in [-0.05, 0) is 24.3 Å². The van der Waals surface area contributed by atoms with Gasteiger partial charge in [-0.3, -0.25) is 14.3 Å².